The third-order valence-corrected chi connectivity index (χ3v) is 1.32. The van der Waals surface area contributed by atoms with E-state index in [2.05, 4.69) is 0 Å². The van der Waals surface area contributed by atoms with Crippen molar-refractivity contribution in [2.75, 3.05) is 0 Å². The average molecular weight is 138 g/mol. The largest absolute Gasteiger partial charge is 0.502 e. The van der Waals surface area contributed by atoms with Crippen LogP contribution < -0.4 is 4.57 Å². The molecule has 0 radical (unpaired) electrons. The molecule has 1 heterocycles. The van der Waals surface area contributed by atoms with Crippen molar-refractivity contribution in [3.8, 4) is 5.75 Å². The summed E-state index contributed by atoms with van der Waals surface area (Å²) < 4.78 is 1.56. The monoisotopic (exact) mass is 138 g/mol. The van der Waals surface area contributed by atoms with Crippen LogP contribution in [0, 0.1) is 0 Å². The second-order valence-electron chi connectivity index (χ2n) is 2.01. The SMILES string of the molecule is C[n+]1cccc(O)c1C=O. The second-order valence-corrected chi connectivity index (χ2v) is 2.01. The molecule has 0 fully saturated rings. The quantitative estimate of drug-likeness (QED) is 0.439. The number of rotatable bonds is 1. The predicted octanol–water partition coefficient (Wildman–Crippen LogP) is 0.0292. The molecule has 0 aromatic carbocycles. The molecule has 0 aliphatic heterocycles. The first-order chi connectivity index (χ1) is 4.75. The summed E-state index contributed by atoms with van der Waals surface area (Å²) in [6, 6.07) is 3.14. The molecular weight excluding hydrogens is 130 g/mol. The molecule has 10 heavy (non-hydrogen) atoms. The van der Waals surface area contributed by atoms with Gasteiger partial charge in [-0.1, -0.05) is 0 Å². The zero-order chi connectivity index (χ0) is 7.56. The average Bonchev–Trinajstić information content (AvgIpc) is 1.88. The van der Waals surface area contributed by atoms with Gasteiger partial charge in [-0.05, 0) is 6.07 Å². The van der Waals surface area contributed by atoms with Crippen molar-refractivity contribution in [1.29, 1.82) is 0 Å². The number of aromatic nitrogens is 1. The Labute approximate surface area is 58.5 Å². The minimum atomic E-state index is 0.0139. The number of pyridine rings is 1. The van der Waals surface area contributed by atoms with Gasteiger partial charge in [0.1, 0.15) is 7.05 Å². The van der Waals surface area contributed by atoms with Gasteiger partial charge in [-0.3, -0.25) is 4.79 Å². The minimum Gasteiger partial charge on any atom is -0.502 e. The Morgan fingerprint density at radius 1 is 1.70 bits per heavy atom. The lowest BCUT2D eigenvalue weighted by Crippen LogP contribution is -2.32. The lowest BCUT2D eigenvalue weighted by Gasteiger charge is -1.92. The van der Waals surface area contributed by atoms with Gasteiger partial charge >= 0.3 is 0 Å². The summed E-state index contributed by atoms with van der Waals surface area (Å²) in [7, 11) is 1.70. The molecule has 1 aromatic rings. The van der Waals surface area contributed by atoms with E-state index in [0.717, 1.165) is 0 Å². The smallest absolute Gasteiger partial charge is 0.287 e. The van der Waals surface area contributed by atoms with Gasteiger partial charge in [-0.15, -0.1) is 0 Å². The van der Waals surface area contributed by atoms with Crippen molar-refractivity contribution < 1.29 is 14.5 Å². The maximum atomic E-state index is 10.3. The van der Waals surface area contributed by atoms with Crippen LogP contribution in [0.15, 0.2) is 18.3 Å². The van der Waals surface area contributed by atoms with Crippen molar-refractivity contribution in [2.45, 2.75) is 0 Å². The van der Waals surface area contributed by atoms with Crippen LogP contribution >= 0.6 is 0 Å². The molecule has 0 bridgehead atoms. The summed E-state index contributed by atoms with van der Waals surface area (Å²) in [6.45, 7) is 0. The molecule has 52 valence electrons. The van der Waals surface area contributed by atoms with Crippen LogP contribution in [0.25, 0.3) is 0 Å². The van der Waals surface area contributed by atoms with Gasteiger partial charge in [-0.25, -0.2) is 0 Å². The van der Waals surface area contributed by atoms with E-state index >= 15 is 0 Å². The number of nitrogens with zero attached hydrogens (tertiary/aromatic N) is 1. The van der Waals surface area contributed by atoms with Crippen LogP contribution in [-0.2, 0) is 7.05 Å². The number of carbonyl (C=O) groups excluding carboxylic acids is 1. The van der Waals surface area contributed by atoms with Crippen LogP contribution in [0.2, 0.25) is 0 Å². The van der Waals surface area contributed by atoms with E-state index in [1.165, 1.54) is 6.07 Å². The molecule has 0 unspecified atom stereocenters. The van der Waals surface area contributed by atoms with Gasteiger partial charge in [-0.2, -0.15) is 4.57 Å². The highest BCUT2D eigenvalue weighted by Crippen LogP contribution is 2.06. The normalized spacial score (nSPS) is 9.30. The number of aldehydes is 1. The molecular formula is C7H8NO2+. The van der Waals surface area contributed by atoms with Crippen molar-refractivity contribution in [1.82, 2.24) is 0 Å². The predicted molar refractivity (Wildman–Crippen MR) is 34.7 cm³/mol. The van der Waals surface area contributed by atoms with Gasteiger partial charge in [0.15, 0.2) is 11.9 Å². The van der Waals surface area contributed by atoms with Crippen LogP contribution in [0.3, 0.4) is 0 Å². The second kappa shape index (κ2) is 2.47. The Morgan fingerprint density at radius 3 is 2.80 bits per heavy atom. The lowest BCUT2D eigenvalue weighted by atomic mass is 10.3. The Hall–Kier alpha value is -1.38. The highest BCUT2D eigenvalue weighted by molar-refractivity contribution is 5.73. The Bertz CT molecular complexity index is 238. The Kier molecular flexibility index (Phi) is 1.67. The number of carbonyl (C=O) groups is 1. The van der Waals surface area contributed by atoms with Gasteiger partial charge < -0.3 is 5.11 Å². The molecule has 0 aliphatic carbocycles. The lowest BCUT2D eigenvalue weighted by molar-refractivity contribution is -0.673. The molecule has 0 amide bonds. The van der Waals surface area contributed by atoms with Crippen LogP contribution in [0.5, 0.6) is 5.75 Å². The fraction of sp³-hybridized carbons (Fsp3) is 0.143. The summed E-state index contributed by atoms with van der Waals surface area (Å²) in [4.78, 5) is 10.3. The molecule has 1 rings (SSSR count). The summed E-state index contributed by atoms with van der Waals surface area (Å²) in [5, 5.41) is 9.04. The third-order valence-electron chi connectivity index (χ3n) is 1.32. The number of hydrogen-bond donors (Lipinski definition) is 1. The van der Waals surface area contributed by atoms with E-state index < -0.39 is 0 Å². The van der Waals surface area contributed by atoms with Gasteiger partial charge in [0.25, 0.3) is 5.69 Å². The van der Waals surface area contributed by atoms with E-state index in [1.807, 2.05) is 0 Å². The summed E-state index contributed by atoms with van der Waals surface area (Å²) in [5.41, 5.74) is 0.294. The number of hydrogen-bond acceptors (Lipinski definition) is 2. The highest BCUT2D eigenvalue weighted by atomic mass is 16.3. The van der Waals surface area contributed by atoms with Crippen molar-refractivity contribution in [2.24, 2.45) is 7.05 Å². The molecule has 0 saturated heterocycles. The fourth-order valence-corrected chi connectivity index (χ4v) is 0.753. The first-order valence-corrected chi connectivity index (χ1v) is 2.88. The maximum absolute atomic E-state index is 10.3. The zero-order valence-electron chi connectivity index (χ0n) is 5.61. The highest BCUT2D eigenvalue weighted by Gasteiger charge is 2.08. The van der Waals surface area contributed by atoms with Crippen molar-refractivity contribution in [3.63, 3.8) is 0 Å². The van der Waals surface area contributed by atoms with Crippen LogP contribution in [-0.4, -0.2) is 11.4 Å². The number of aromatic hydroxyl groups is 1. The molecule has 1 aromatic heterocycles. The van der Waals surface area contributed by atoms with Gasteiger partial charge in [0, 0.05) is 6.07 Å². The van der Waals surface area contributed by atoms with Crippen molar-refractivity contribution in [3.05, 3.63) is 24.0 Å². The minimum absolute atomic E-state index is 0.0139. The Balaban J connectivity index is 3.30. The van der Waals surface area contributed by atoms with Gasteiger partial charge in [0.2, 0.25) is 6.29 Å². The standard InChI is InChI=1S/C7H7NO2/c1-8-4-2-3-7(10)6(8)5-9/h2-5H,1H3/p+1. The molecule has 0 saturated carbocycles. The molecule has 0 atom stereocenters. The molecule has 1 N–H and O–H groups in total. The summed E-state index contributed by atoms with van der Waals surface area (Å²) in [6.07, 6.45) is 2.32. The molecule has 3 heteroatoms. The third kappa shape index (κ3) is 0.978. The van der Waals surface area contributed by atoms with E-state index in [0.29, 0.717) is 12.0 Å². The van der Waals surface area contributed by atoms with E-state index in [9.17, 15) is 4.79 Å². The van der Waals surface area contributed by atoms with E-state index in [1.54, 1.807) is 23.9 Å². The fourth-order valence-electron chi connectivity index (χ4n) is 0.753. The van der Waals surface area contributed by atoms with Crippen LogP contribution in [0.4, 0.5) is 0 Å². The Morgan fingerprint density at radius 2 is 2.40 bits per heavy atom. The van der Waals surface area contributed by atoms with Crippen LogP contribution in [0.1, 0.15) is 10.5 Å². The van der Waals surface area contributed by atoms with E-state index in [-0.39, 0.29) is 5.75 Å². The molecule has 0 spiro atoms. The summed E-state index contributed by atoms with van der Waals surface area (Å²) in [5.74, 6) is 0.0139. The molecule has 3 nitrogen and oxygen atoms in total. The molecule has 0 aliphatic rings. The topological polar surface area (TPSA) is 41.2 Å². The maximum Gasteiger partial charge on any atom is 0.287 e. The van der Waals surface area contributed by atoms with Gasteiger partial charge in [0.05, 0.1) is 0 Å². The first kappa shape index (κ1) is 6.74. The number of aryl methyl sites for hydroxylation is 1. The zero-order valence-corrected chi connectivity index (χ0v) is 5.61. The van der Waals surface area contributed by atoms with Crippen molar-refractivity contribution >= 4 is 6.29 Å². The first-order valence-electron chi connectivity index (χ1n) is 2.88. The van der Waals surface area contributed by atoms with E-state index in [4.69, 9.17) is 5.11 Å². The summed E-state index contributed by atoms with van der Waals surface area (Å²) >= 11 is 0.